The van der Waals surface area contributed by atoms with Crippen LogP contribution in [0.15, 0.2) is 65.3 Å². The lowest BCUT2D eigenvalue weighted by atomic mass is 10.1. The smallest absolute Gasteiger partial charge is 0.320 e. The van der Waals surface area contributed by atoms with E-state index in [4.69, 9.17) is 4.42 Å². The fraction of sp³-hybridized carbons (Fsp3) is 0.0625. The molecule has 0 aliphatic heterocycles. The van der Waals surface area contributed by atoms with Crippen LogP contribution in [-0.4, -0.2) is 16.2 Å². The SMILES string of the molecule is O=C(NCc1ccco1)Nc1ccc(-c2ccccc2)nn1. The van der Waals surface area contributed by atoms with Crippen LogP contribution in [0.25, 0.3) is 11.3 Å². The Balaban J connectivity index is 1.58. The van der Waals surface area contributed by atoms with Crippen molar-refractivity contribution in [3.05, 3.63) is 66.6 Å². The van der Waals surface area contributed by atoms with Gasteiger partial charge in [0.2, 0.25) is 0 Å². The van der Waals surface area contributed by atoms with Crippen LogP contribution in [0.5, 0.6) is 0 Å². The number of rotatable bonds is 4. The second-order valence-electron chi connectivity index (χ2n) is 4.56. The van der Waals surface area contributed by atoms with Gasteiger partial charge in [0.25, 0.3) is 0 Å². The number of benzene rings is 1. The van der Waals surface area contributed by atoms with Gasteiger partial charge in [0.1, 0.15) is 5.76 Å². The van der Waals surface area contributed by atoms with E-state index >= 15 is 0 Å². The van der Waals surface area contributed by atoms with E-state index < -0.39 is 0 Å². The lowest BCUT2D eigenvalue weighted by Crippen LogP contribution is -2.28. The third-order valence-corrected chi connectivity index (χ3v) is 2.98. The molecular formula is C16H14N4O2. The first-order valence-electron chi connectivity index (χ1n) is 6.77. The van der Waals surface area contributed by atoms with Gasteiger partial charge in [-0.05, 0) is 24.3 Å². The first kappa shape index (κ1) is 13.8. The van der Waals surface area contributed by atoms with Crippen molar-refractivity contribution < 1.29 is 9.21 Å². The molecule has 0 spiro atoms. The zero-order chi connectivity index (χ0) is 15.2. The van der Waals surface area contributed by atoms with Crippen molar-refractivity contribution in [1.29, 1.82) is 0 Å². The number of amides is 2. The Kier molecular flexibility index (Phi) is 4.10. The molecule has 3 aromatic rings. The molecule has 0 aliphatic rings. The van der Waals surface area contributed by atoms with Gasteiger partial charge >= 0.3 is 6.03 Å². The van der Waals surface area contributed by atoms with Crippen molar-refractivity contribution in [3.63, 3.8) is 0 Å². The van der Waals surface area contributed by atoms with Gasteiger partial charge < -0.3 is 9.73 Å². The number of urea groups is 1. The predicted molar refractivity (Wildman–Crippen MR) is 82.0 cm³/mol. The fourth-order valence-electron chi connectivity index (χ4n) is 1.90. The third-order valence-electron chi connectivity index (χ3n) is 2.98. The van der Waals surface area contributed by atoms with E-state index in [0.717, 1.165) is 11.3 Å². The molecule has 0 aliphatic carbocycles. The molecule has 1 aromatic carbocycles. The molecule has 2 heterocycles. The lowest BCUT2D eigenvalue weighted by Gasteiger charge is -2.06. The number of carbonyl (C=O) groups is 1. The minimum Gasteiger partial charge on any atom is -0.467 e. The normalized spacial score (nSPS) is 10.2. The van der Waals surface area contributed by atoms with Crippen molar-refractivity contribution in [2.45, 2.75) is 6.54 Å². The lowest BCUT2D eigenvalue weighted by molar-refractivity contribution is 0.250. The molecule has 0 radical (unpaired) electrons. The molecule has 6 nitrogen and oxygen atoms in total. The standard InChI is InChI=1S/C16H14N4O2/c21-16(17-11-13-7-4-10-22-13)18-15-9-8-14(19-20-15)12-5-2-1-3-6-12/h1-10H,11H2,(H2,17,18,20,21). The molecule has 0 fully saturated rings. The maximum atomic E-state index is 11.7. The number of hydrogen-bond donors (Lipinski definition) is 2. The van der Waals surface area contributed by atoms with Crippen molar-refractivity contribution in [2.24, 2.45) is 0 Å². The van der Waals surface area contributed by atoms with E-state index in [1.165, 1.54) is 0 Å². The molecule has 110 valence electrons. The topological polar surface area (TPSA) is 80.0 Å². The second-order valence-corrected chi connectivity index (χ2v) is 4.56. The Morgan fingerprint density at radius 1 is 1.00 bits per heavy atom. The first-order chi connectivity index (χ1) is 10.8. The van der Waals surface area contributed by atoms with Gasteiger partial charge in [0, 0.05) is 5.56 Å². The Labute approximate surface area is 127 Å². The summed E-state index contributed by atoms with van der Waals surface area (Å²) in [5, 5.41) is 13.4. The van der Waals surface area contributed by atoms with Crippen molar-refractivity contribution in [3.8, 4) is 11.3 Å². The summed E-state index contributed by atoms with van der Waals surface area (Å²) in [5.41, 5.74) is 1.73. The molecule has 0 saturated carbocycles. The van der Waals surface area contributed by atoms with Gasteiger partial charge in [-0.25, -0.2) is 4.79 Å². The molecule has 0 bridgehead atoms. The highest BCUT2D eigenvalue weighted by Gasteiger charge is 2.05. The fourth-order valence-corrected chi connectivity index (χ4v) is 1.90. The van der Waals surface area contributed by atoms with Crippen molar-refractivity contribution >= 4 is 11.8 Å². The average Bonchev–Trinajstić information content (AvgIpc) is 3.08. The summed E-state index contributed by atoms with van der Waals surface area (Å²) >= 11 is 0. The van der Waals surface area contributed by atoms with Crippen LogP contribution in [0.3, 0.4) is 0 Å². The summed E-state index contributed by atoms with van der Waals surface area (Å²) in [6, 6.07) is 16.4. The highest BCUT2D eigenvalue weighted by atomic mass is 16.3. The zero-order valence-electron chi connectivity index (χ0n) is 11.7. The van der Waals surface area contributed by atoms with Gasteiger partial charge in [-0.15, -0.1) is 10.2 Å². The number of nitrogens with zero attached hydrogens (tertiary/aromatic N) is 2. The Bertz CT molecular complexity index is 725. The average molecular weight is 294 g/mol. The molecule has 2 N–H and O–H groups in total. The number of furan rings is 1. The number of nitrogens with one attached hydrogen (secondary N) is 2. The summed E-state index contributed by atoms with van der Waals surface area (Å²) < 4.78 is 5.13. The van der Waals surface area contributed by atoms with E-state index in [9.17, 15) is 4.79 Å². The van der Waals surface area contributed by atoms with Crippen LogP contribution >= 0.6 is 0 Å². The number of hydrogen-bond acceptors (Lipinski definition) is 4. The van der Waals surface area contributed by atoms with E-state index in [2.05, 4.69) is 20.8 Å². The van der Waals surface area contributed by atoms with E-state index in [1.807, 2.05) is 36.4 Å². The number of anilines is 1. The van der Waals surface area contributed by atoms with Gasteiger partial charge in [-0.3, -0.25) is 5.32 Å². The van der Waals surface area contributed by atoms with Gasteiger partial charge in [-0.2, -0.15) is 0 Å². The quantitative estimate of drug-likeness (QED) is 0.775. The van der Waals surface area contributed by atoms with Crippen molar-refractivity contribution in [2.75, 3.05) is 5.32 Å². The van der Waals surface area contributed by atoms with Crippen LogP contribution in [-0.2, 0) is 6.54 Å². The van der Waals surface area contributed by atoms with Crippen LogP contribution in [0.2, 0.25) is 0 Å². The van der Waals surface area contributed by atoms with E-state index in [1.54, 1.807) is 24.5 Å². The molecule has 0 atom stereocenters. The molecule has 2 aromatic heterocycles. The minimum atomic E-state index is -0.363. The maximum absolute atomic E-state index is 11.7. The van der Waals surface area contributed by atoms with Gasteiger partial charge in [-0.1, -0.05) is 30.3 Å². The number of carbonyl (C=O) groups excluding carboxylic acids is 1. The van der Waals surface area contributed by atoms with E-state index in [-0.39, 0.29) is 6.03 Å². The summed E-state index contributed by atoms with van der Waals surface area (Å²) in [6.45, 7) is 0.314. The predicted octanol–water partition coefficient (Wildman–Crippen LogP) is 3.06. The Morgan fingerprint density at radius 2 is 1.86 bits per heavy atom. The summed E-state index contributed by atoms with van der Waals surface area (Å²) in [4.78, 5) is 11.7. The van der Waals surface area contributed by atoms with Crippen molar-refractivity contribution in [1.82, 2.24) is 15.5 Å². The van der Waals surface area contributed by atoms with Gasteiger partial charge in [0.05, 0.1) is 18.5 Å². The monoisotopic (exact) mass is 294 g/mol. The highest BCUT2D eigenvalue weighted by Crippen LogP contribution is 2.16. The summed E-state index contributed by atoms with van der Waals surface area (Å²) in [7, 11) is 0. The van der Waals surface area contributed by atoms with Crippen LogP contribution in [0.1, 0.15) is 5.76 Å². The van der Waals surface area contributed by atoms with Crippen LogP contribution < -0.4 is 10.6 Å². The molecule has 6 heteroatoms. The maximum Gasteiger partial charge on any atom is 0.320 e. The molecule has 2 amide bonds. The molecule has 0 unspecified atom stereocenters. The Morgan fingerprint density at radius 3 is 2.55 bits per heavy atom. The largest absolute Gasteiger partial charge is 0.467 e. The first-order valence-corrected chi connectivity index (χ1v) is 6.77. The van der Waals surface area contributed by atoms with Gasteiger partial charge in [0.15, 0.2) is 5.82 Å². The summed E-state index contributed by atoms with van der Waals surface area (Å²) in [5.74, 6) is 1.07. The summed E-state index contributed by atoms with van der Waals surface area (Å²) in [6.07, 6.45) is 1.56. The molecule has 0 saturated heterocycles. The molecule has 22 heavy (non-hydrogen) atoms. The zero-order valence-corrected chi connectivity index (χ0v) is 11.7. The molecular weight excluding hydrogens is 280 g/mol. The highest BCUT2D eigenvalue weighted by molar-refractivity contribution is 5.88. The van der Waals surface area contributed by atoms with Crippen LogP contribution in [0, 0.1) is 0 Å². The van der Waals surface area contributed by atoms with E-state index in [0.29, 0.717) is 18.1 Å². The third kappa shape index (κ3) is 3.49. The van der Waals surface area contributed by atoms with Crippen LogP contribution in [0.4, 0.5) is 10.6 Å². The Hall–Kier alpha value is -3.15. The minimum absolute atomic E-state index is 0.314. The molecule has 3 rings (SSSR count). The second kappa shape index (κ2) is 6.53. The number of aromatic nitrogens is 2.